The molecule has 0 aliphatic carbocycles. The van der Waals surface area contributed by atoms with Gasteiger partial charge in [0.2, 0.25) is 8.05 Å². The van der Waals surface area contributed by atoms with Gasteiger partial charge < -0.3 is 14.6 Å². The molecular formula is C3H8B3NO3. The number of hydrogen-bond acceptors (Lipinski definition) is 3. The van der Waals surface area contributed by atoms with Gasteiger partial charge in [-0.15, -0.1) is 0 Å². The number of amides is 1. The Morgan fingerprint density at radius 3 is 2.60 bits per heavy atom. The van der Waals surface area contributed by atoms with Gasteiger partial charge in [0.25, 0.3) is 0 Å². The van der Waals surface area contributed by atoms with Crippen LogP contribution in [0.25, 0.3) is 0 Å². The van der Waals surface area contributed by atoms with Crippen LogP contribution in [-0.4, -0.2) is 34.4 Å². The summed E-state index contributed by atoms with van der Waals surface area (Å²) in [6, 6.07) is 0. The van der Waals surface area contributed by atoms with E-state index in [0.29, 0.717) is 0 Å². The summed E-state index contributed by atoms with van der Waals surface area (Å²) in [5.74, 6) is -0.297. The van der Waals surface area contributed by atoms with E-state index in [1.165, 1.54) is 15.0 Å². The first kappa shape index (κ1) is 9.29. The first-order chi connectivity index (χ1) is 4.66. The molecule has 0 bridgehead atoms. The second-order valence-electron chi connectivity index (χ2n) is 1.91. The lowest BCUT2D eigenvalue weighted by Crippen LogP contribution is -2.34. The van der Waals surface area contributed by atoms with E-state index in [0.717, 1.165) is 0 Å². The second-order valence-corrected chi connectivity index (χ2v) is 1.91. The predicted octanol–water partition coefficient (Wildman–Crippen LogP) is -2.49. The van der Waals surface area contributed by atoms with Crippen LogP contribution in [0.1, 0.15) is 6.92 Å². The fourth-order valence-electron chi connectivity index (χ4n) is 0.441. The number of carbonyl (C=O) groups excluding carboxylic acids is 2. The molecule has 0 aromatic carbocycles. The molecule has 52 valence electrons. The zero-order valence-corrected chi connectivity index (χ0v) is 6.14. The lowest BCUT2D eigenvalue weighted by molar-refractivity contribution is -0.110. The van der Waals surface area contributed by atoms with Gasteiger partial charge in [0.15, 0.2) is 5.81 Å². The Labute approximate surface area is 61.7 Å². The van der Waals surface area contributed by atoms with Crippen molar-refractivity contribution in [2.45, 2.75) is 6.92 Å². The molecule has 0 heterocycles. The van der Waals surface area contributed by atoms with E-state index in [9.17, 15) is 9.59 Å². The molecule has 0 radical (unpaired) electrons. The molecule has 0 aromatic rings. The first-order valence-corrected chi connectivity index (χ1v) is 2.92. The molecule has 0 fully saturated rings. The van der Waals surface area contributed by atoms with Gasteiger partial charge in [-0.25, -0.2) is 0 Å². The van der Waals surface area contributed by atoms with Crippen molar-refractivity contribution in [2.24, 2.45) is 0 Å². The summed E-state index contributed by atoms with van der Waals surface area (Å²) in [5, 5.41) is 2.38. The van der Waals surface area contributed by atoms with Crippen molar-refractivity contribution in [3.63, 3.8) is 0 Å². The summed E-state index contributed by atoms with van der Waals surface area (Å²) in [4.78, 5) is 20.9. The maximum atomic E-state index is 10.6. The van der Waals surface area contributed by atoms with Gasteiger partial charge in [-0.05, 0) is 6.92 Å². The average molecular weight is 139 g/mol. The largest absolute Gasteiger partial charge is 0.489 e. The summed E-state index contributed by atoms with van der Waals surface area (Å²) in [5.41, 5.74) is -0.145. The van der Waals surface area contributed by atoms with E-state index < -0.39 is 0 Å². The predicted molar refractivity (Wildman–Crippen MR) is 43.1 cm³/mol. The third kappa shape index (κ3) is 5.43. The number of carbonyl (C=O) groups is 2. The minimum atomic E-state index is -0.297. The van der Waals surface area contributed by atoms with Crippen LogP contribution in [0, 0.1) is 0 Å². The van der Waals surface area contributed by atoms with Gasteiger partial charge in [-0.1, -0.05) is 0 Å². The fourth-order valence-corrected chi connectivity index (χ4v) is 0.441. The van der Waals surface area contributed by atoms with Crippen LogP contribution in [0.3, 0.4) is 0 Å². The highest BCUT2D eigenvalue weighted by molar-refractivity contribution is 6.97. The lowest BCUT2D eigenvalue weighted by atomic mass is 9.72. The minimum absolute atomic E-state index is 0.0661. The van der Waals surface area contributed by atoms with Crippen LogP contribution in [0.4, 0.5) is 4.79 Å². The van der Waals surface area contributed by atoms with Crippen molar-refractivity contribution in [2.75, 3.05) is 0 Å². The molecule has 0 saturated heterocycles. The zero-order valence-electron chi connectivity index (χ0n) is 6.14. The molecule has 0 spiro atoms. The standard InChI is InChI=1S/C3H8B3NO3/c1-2(8)5-3(9)7-6-10-4/h5-6H,4H2,1H3,(H,7,9). The highest BCUT2D eigenvalue weighted by Gasteiger charge is 2.06. The van der Waals surface area contributed by atoms with Crippen molar-refractivity contribution in [3.05, 3.63) is 0 Å². The zero-order chi connectivity index (χ0) is 7.98. The molecular weight excluding hydrogens is 130 g/mol. The van der Waals surface area contributed by atoms with Crippen LogP contribution < -0.4 is 5.23 Å². The van der Waals surface area contributed by atoms with E-state index in [4.69, 9.17) is 0 Å². The Morgan fingerprint density at radius 1 is 1.60 bits per heavy atom. The van der Waals surface area contributed by atoms with Crippen LogP contribution in [-0.2, 0) is 9.37 Å². The van der Waals surface area contributed by atoms with Crippen molar-refractivity contribution in [1.29, 1.82) is 0 Å². The SMILES string of the molecule is BOBNC(=O)BC(C)=O. The van der Waals surface area contributed by atoms with Crippen molar-refractivity contribution in [3.8, 4) is 0 Å². The third-order valence-electron chi connectivity index (χ3n) is 0.823. The van der Waals surface area contributed by atoms with E-state index in [1.54, 1.807) is 0 Å². The first-order valence-electron chi connectivity index (χ1n) is 2.92. The monoisotopic (exact) mass is 139 g/mol. The molecule has 0 aromatic heterocycles. The molecule has 4 nitrogen and oxygen atoms in total. The second kappa shape index (κ2) is 5.11. The summed E-state index contributed by atoms with van der Waals surface area (Å²) in [6.45, 7) is 1.37. The normalized spacial score (nSPS) is 8.10. The Kier molecular flexibility index (Phi) is 4.75. The topological polar surface area (TPSA) is 55.4 Å². The summed E-state index contributed by atoms with van der Waals surface area (Å²) >= 11 is 0. The van der Waals surface area contributed by atoms with Crippen LogP contribution in [0.5, 0.6) is 0 Å². The van der Waals surface area contributed by atoms with Gasteiger partial charge in [0.05, 0.1) is 5.68 Å². The Bertz CT molecular complexity index is 139. The number of rotatable bonds is 4. The Morgan fingerprint density at radius 2 is 2.20 bits per heavy atom. The fraction of sp³-hybridized carbons (Fsp3) is 0.333. The molecule has 0 atom stereocenters. The molecule has 0 rings (SSSR count). The minimum Gasteiger partial charge on any atom is -0.489 e. The maximum absolute atomic E-state index is 10.6. The van der Waals surface area contributed by atoms with Crippen LogP contribution in [0.2, 0.25) is 0 Å². The lowest BCUT2D eigenvalue weighted by Gasteiger charge is -1.97. The van der Waals surface area contributed by atoms with Gasteiger partial charge in [0, 0.05) is 0 Å². The van der Waals surface area contributed by atoms with Gasteiger partial charge in [0.1, 0.15) is 0 Å². The van der Waals surface area contributed by atoms with Crippen molar-refractivity contribution in [1.82, 2.24) is 5.23 Å². The summed E-state index contributed by atoms with van der Waals surface area (Å²) < 4.78 is 4.55. The molecule has 0 saturated carbocycles. The molecule has 7 heteroatoms. The third-order valence-corrected chi connectivity index (χ3v) is 0.823. The molecule has 1 amide bonds. The smallest absolute Gasteiger partial charge is 0.379 e. The molecule has 0 unspecified atom stereocenters. The average Bonchev–Trinajstić information content (AvgIpc) is 1.82. The van der Waals surface area contributed by atoms with Crippen LogP contribution in [0.15, 0.2) is 0 Å². The highest BCUT2D eigenvalue weighted by atomic mass is 16.4. The maximum Gasteiger partial charge on any atom is 0.379 e. The molecule has 1 N–H and O–H groups in total. The Balaban J connectivity index is 3.35. The van der Waals surface area contributed by atoms with E-state index in [2.05, 4.69) is 9.80 Å². The molecule has 10 heavy (non-hydrogen) atoms. The molecule has 0 aliphatic heterocycles. The van der Waals surface area contributed by atoms with Gasteiger partial charge in [-0.2, -0.15) is 0 Å². The van der Waals surface area contributed by atoms with Gasteiger partial charge >= 0.3 is 14.9 Å². The number of hydrogen-bond donors (Lipinski definition) is 1. The molecule has 0 aliphatic rings. The highest BCUT2D eigenvalue weighted by Crippen LogP contribution is 1.68. The van der Waals surface area contributed by atoms with Crippen molar-refractivity contribution < 1.29 is 14.2 Å². The van der Waals surface area contributed by atoms with Crippen molar-refractivity contribution >= 4 is 34.4 Å². The van der Waals surface area contributed by atoms with Crippen LogP contribution >= 0.6 is 0 Å². The number of nitrogens with one attached hydrogen (secondary N) is 1. The van der Waals surface area contributed by atoms with E-state index >= 15 is 0 Å². The summed E-state index contributed by atoms with van der Waals surface area (Å²) in [7, 11) is 1.56. The quantitative estimate of drug-likeness (QED) is 0.438. The van der Waals surface area contributed by atoms with Gasteiger partial charge in [-0.3, -0.25) is 4.79 Å². The van der Waals surface area contributed by atoms with E-state index in [1.807, 2.05) is 0 Å². The van der Waals surface area contributed by atoms with E-state index in [-0.39, 0.29) is 26.4 Å². The Hall–Kier alpha value is -0.705. The summed E-state index contributed by atoms with van der Waals surface area (Å²) in [6.07, 6.45) is 0.